The van der Waals surface area contributed by atoms with E-state index in [9.17, 15) is 8.42 Å². The summed E-state index contributed by atoms with van der Waals surface area (Å²) in [5.41, 5.74) is 0. The summed E-state index contributed by atoms with van der Waals surface area (Å²) in [6.07, 6.45) is 1.06. The first-order chi connectivity index (χ1) is 9.36. The number of hydrogen-bond acceptors (Lipinski definition) is 5. The van der Waals surface area contributed by atoms with Gasteiger partial charge in [-0.15, -0.1) is 11.3 Å². The van der Waals surface area contributed by atoms with Crippen molar-refractivity contribution in [1.29, 1.82) is 0 Å². The number of sulfonamides is 1. The lowest BCUT2D eigenvalue weighted by atomic mass is 10.4. The summed E-state index contributed by atoms with van der Waals surface area (Å²) in [6, 6.07) is 1.73. The lowest BCUT2D eigenvalue weighted by molar-refractivity contribution is 0.412. The molecule has 20 heavy (non-hydrogen) atoms. The third-order valence-electron chi connectivity index (χ3n) is 2.57. The molecule has 5 nitrogen and oxygen atoms in total. The molecule has 0 spiro atoms. The van der Waals surface area contributed by atoms with Crippen molar-refractivity contribution in [3.63, 3.8) is 0 Å². The van der Waals surface area contributed by atoms with E-state index in [2.05, 4.69) is 32.9 Å². The van der Waals surface area contributed by atoms with Crippen molar-refractivity contribution in [3.8, 4) is 0 Å². The van der Waals surface area contributed by atoms with Gasteiger partial charge in [0.2, 0.25) is 10.0 Å². The minimum absolute atomic E-state index is 0.328. The van der Waals surface area contributed by atoms with Gasteiger partial charge in [-0.1, -0.05) is 6.92 Å². The fourth-order valence-electron chi connectivity index (χ4n) is 1.54. The minimum atomic E-state index is -3.44. The highest BCUT2D eigenvalue weighted by Crippen LogP contribution is 2.31. The van der Waals surface area contributed by atoms with Crippen LogP contribution in [0.1, 0.15) is 18.2 Å². The second-order valence-corrected chi connectivity index (χ2v) is 8.92. The number of nitrogens with one attached hydrogen (secondary N) is 2. The van der Waals surface area contributed by atoms with Crippen LogP contribution in [0.3, 0.4) is 0 Å². The maximum absolute atomic E-state index is 12.2. The average Bonchev–Trinajstić information content (AvgIpc) is 2.71. The lowest BCUT2D eigenvalue weighted by Gasteiger charge is -2.10. The van der Waals surface area contributed by atoms with Crippen LogP contribution in [0, 0.1) is 0 Å². The largest absolute Gasteiger partial charge is 0.312 e. The predicted molar refractivity (Wildman–Crippen MR) is 87.8 cm³/mol. The first kappa shape index (κ1) is 18.1. The van der Waals surface area contributed by atoms with Crippen LogP contribution in [0.15, 0.2) is 14.7 Å². The Bertz CT molecular complexity index is 515. The molecule has 116 valence electrons. The molecule has 0 aliphatic rings. The summed E-state index contributed by atoms with van der Waals surface area (Å²) in [5.74, 6) is 0. The Balaban J connectivity index is 2.69. The zero-order valence-corrected chi connectivity index (χ0v) is 15.3. The van der Waals surface area contributed by atoms with E-state index in [4.69, 9.17) is 0 Å². The lowest BCUT2D eigenvalue weighted by Crippen LogP contribution is -2.31. The zero-order valence-electron chi connectivity index (χ0n) is 12.1. The number of likely N-dealkylation sites (N-methyl/N-ethyl adjacent to an activating group) is 1. The van der Waals surface area contributed by atoms with Gasteiger partial charge in [-0.3, -0.25) is 0 Å². The van der Waals surface area contributed by atoms with Crippen molar-refractivity contribution in [2.45, 2.75) is 24.8 Å². The molecule has 2 N–H and O–H groups in total. The van der Waals surface area contributed by atoms with E-state index in [1.165, 1.54) is 11.3 Å². The van der Waals surface area contributed by atoms with E-state index in [1.807, 2.05) is 19.0 Å². The van der Waals surface area contributed by atoms with Crippen molar-refractivity contribution in [2.24, 2.45) is 0 Å². The third-order valence-corrected chi connectivity index (χ3v) is 6.29. The van der Waals surface area contributed by atoms with Crippen LogP contribution >= 0.6 is 27.3 Å². The summed E-state index contributed by atoms with van der Waals surface area (Å²) in [4.78, 5) is 3.28. The molecule has 0 bridgehead atoms. The standard InChI is InChI=1S/C12H22BrN3O2S2/c1-4-5-14-9-10-8-11(12(13)19-10)20(17,18)15-6-7-16(2)3/h8,14-15H,4-7,9H2,1-3H3. The van der Waals surface area contributed by atoms with Gasteiger partial charge in [0.25, 0.3) is 0 Å². The van der Waals surface area contributed by atoms with Crippen molar-refractivity contribution in [3.05, 3.63) is 14.7 Å². The Morgan fingerprint density at radius 2 is 2.05 bits per heavy atom. The first-order valence-electron chi connectivity index (χ1n) is 6.50. The molecule has 1 aromatic heterocycles. The molecule has 1 heterocycles. The average molecular weight is 384 g/mol. The van der Waals surface area contributed by atoms with E-state index < -0.39 is 10.0 Å². The highest BCUT2D eigenvalue weighted by molar-refractivity contribution is 9.11. The monoisotopic (exact) mass is 383 g/mol. The Kier molecular flexibility index (Phi) is 7.63. The molecule has 1 aromatic rings. The van der Waals surface area contributed by atoms with Gasteiger partial charge in [0.1, 0.15) is 4.90 Å². The normalized spacial score (nSPS) is 12.2. The molecule has 0 atom stereocenters. The third kappa shape index (κ3) is 5.79. The Morgan fingerprint density at radius 3 is 2.65 bits per heavy atom. The van der Waals surface area contributed by atoms with Crippen LogP contribution in [0.5, 0.6) is 0 Å². The van der Waals surface area contributed by atoms with Crippen LogP contribution in [0.25, 0.3) is 0 Å². The molecular formula is C12H22BrN3O2S2. The van der Waals surface area contributed by atoms with E-state index >= 15 is 0 Å². The van der Waals surface area contributed by atoms with Gasteiger partial charge in [0.05, 0.1) is 3.79 Å². The maximum atomic E-state index is 12.2. The molecule has 8 heteroatoms. The molecule has 0 saturated carbocycles. The maximum Gasteiger partial charge on any atom is 0.242 e. The summed E-state index contributed by atoms with van der Waals surface area (Å²) >= 11 is 4.80. The van der Waals surface area contributed by atoms with E-state index in [1.54, 1.807) is 6.07 Å². The van der Waals surface area contributed by atoms with Crippen molar-refractivity contribution < 1.29 is 8.42 Å². The summed E-state index contributed by atoms with van der Waals surface area (Å²) in [5, 5.41) is 3.27. The molecular weight excluding hydrogens is 362 g/mol. The van der Waals surface area contributed by atoms with Crippen LogP contribution in [0.4, 0.5) is 0 Å². The first-order valence-corrected chi connectivity index (χ1v) is 9.59. The number of halogens is 1. The van der Waals surface area contributed by atoms with Gasteiger partial charge in [0.15, 0.2) is 0 Å². The van der Waals surface area contributed by atoms with E-state index in [0.717, 1.165) is 17.8 Å². The highest BCUT2D eigenvalue weighted by atomic mass is 79.9. The fraction of sp³-hybridized carbons (Fsp3) is 0.667. The van der Waals surface area contributed by atoms with Gasteiger partial charge < -0.3 is 10.2 Å². The fourth-order valence-corrected chi connectivity index (χ4v) is 5.21. The predicted octanol–water partition coefficient (Wildman–Crippen LogP) is 1.85. The molecule has 0 saturated heterocycles. The van der Waals surface area contributed by atoms with E-state index in [0.29, 0.717) is 28.3 Å². The number of thiophene rings is 1. The van der Waals surface area contributed by atoms with Gasteiger partial charge in [-0.25, -0.2) is 13.1 Å². The Labute approximate surface area is 133 Å². The zero-order chi connectivity index (χ0) is 15.2. The number of rotatable bonds is 9. The van der Waals surface area contributed by atoms with Gasteiger partial charge in [-0.05, 0) is 49.1 Å². The second kappa shape index (κ2) is 8.45. The van der Waals surface area contributed by atoms with Crippen LogP contribution < -0.4 is 10.0 Å². The van der Waals surface area contributed by atoms with Crippen LogP contribution in [-0.4, -0.2) is 47.0 Å². The Morgan fingerprint density at radius 1 is 1.35 bits per heavy atom. The minimum Gasteiger partial charge on any atom is -0.312 e. The van der Waals surface area contributed by atoms with E-state index in [-0.39, 0.29) is 0 Å². The quantitative estimate of drug-likeness (QED) is 0.638. The summed E-state index contributed by atoms with van der Waals surface area (Å²) in [6.45, 7) is 4.80. The summed E-state index contributed by atoms with van der Waals surface area (Å²) in [7, 11) is 0.381. The molecule has 1 rings (SSSR count). The van der Waals surface area contributed by atoms with Crippen LogP contribution in [0.2, 0.25) is 0 Å². The van der Waals surface area contributed by atoms with Crippen LogP contribution in [-0.2, 0) is 16.6 Å². The topological polar surface area (TPSA) is 61.4 Å². The van der Waals surface area contributed by atoms with Crippen molar-refractivity contribution in [2.75, 3.05) is 33.7 Å². The van der Waals surface area contributed by atoms with Crippen molar-refractivity contribution in [1.82, 2.24) is 14.9 Å². The SMILES string of the molecule is CCCNCc1cc(S(=O)(=O)NCCN(C)C)c(Br)s1. The molecule has 0 aliphatic heterocycles. The molecule has 0 aliphatic carbocycles. The molecule has 0 amide bonds. The van der Waals surface area contributed by atoms with Crippen molar-refractivity contribution >= 4 is 37.3 Å². The Hall–Kier alpha value is 0.01000. The van der Waals surface area contributed by atoms with Gasteiger partial charge in [0, 0.05) is 24.5 Å². The summed E-state index contributed by atoms with van der Waals surface area (Å²) < 4.78 is 27.7. The molecule has 0 unspecified atom stereocenters. The number of nitrogens with zero attached hydrogens (tertiary/aromatic N) is 1. The smallest absolute Gasteiger partial charge is 0.242 e. The number of hydrogen-bond donors (Lipinski definition) is 2. The van der Waals surface area contributed by atoms with Gasteiger partial charge in [-0.2, -0.15) is 0 Å². The highest BCUT2D eigenvalue weighted by Gasteiger charge is 2.20. The molecule has 0 radical (unpaired) electrons. The van der Waals surface area contributed by atoms with Gasteiger partial charge >= 0.3 is 0 Å². The molecule has 0 aromatic carbocycles. The molecule has 0 fully saturated rings. The second-order valence-electron chi connectivity index (χ2n) is 4.73.